The second-order valence-electron chi connectivity index (χ2n) is 2.39. The monoisotopic (exact) mass is 231 g/mol. The maximum atomic E-state index is 10.5. The number of hydrogen-bond acceptors (Lipinski definition) is 4. The Bertz CT molecular complexity index is 417. The van der Waals surface area contributed by atoms with E-state index in [4.69, 9.17) is 9.81 Å². The fourth-order valence-corrected chi connectivity index (χ4v) is 1.19. The maximum absolute atomic E-state index is 10.5. The van der Waals surface area contributed by atoms with E-state index in [2.05, 4.69) is 12.6 Å². The van der Waals surface area contributed by atoms with E-state index in [1.165, 1.54) is 17.5 Å². The first kappa shape index (κ1) is 13.0. The van der Waals surface area contributed by atoms with Crippen LogP contribution in [-0.2, 0) is 10.1 Å². The van der Waals surface area contributed by atoms with Gasteiger partial charge in [0.15, 0.2) is 0 Å². The van der Waals surface area contributed by atoms with Gasteiger partial charge in [0.1, 0.15) is 5.40 Å². The number of hydrogen-bond donors (Lipinski definition) is 2. The molecule has 1 aromatic rings. The normalized spacial score (nSPS) is 9.57. The van der Waals surface area contributed by atoms with Gasteiger partial charge in [0.05, 0.1) is 4.90 Å². The zero-order valence-corrected chi connectivity index (χ0v) is 9.09. The van der Waals surface area contributed by atoms with Gasteiger partial charge < -0.3 is 0 Å². The molecule has 0 heterocycles. The molecule has 14 heavy (non-hydrogen) atoms. The Morgan fingerprint density at radius 2 is 1.71 bits per heavy atom. The molecule has 0 fully saturated rings. The van der Waals surface area contributed by atoms with Gasteiger partial charge in [0.2, 0.25) is 0 Å². The zero-order valence-electron chi connectivity index (χ0n) is 7.38. The predicted octanol–water partition coefficient (Wildman–Crippen LogP) is 1.64. The summed E-state index contributed by atoms with van der Waals surface area (Å²) in [7, 11) is -4.02. The van der Waals surface area contributed by atoms with Crippen LogP contribution >= 0.6 is 12.6 Å². The van der Waals surface area contributed by atoms with Gasteiger partial charge in [-0.25, -0.2) is 0 Å². The first-order chi connectivity index (χ1) is 6.41. The minimum absolute atomic E-state index is 0.0666. The van der Waals surface area contributed by atoms with Crippen molar-refractivity contribution in [2.24, 2.45) is 0 Å². The molecular formula is C8H9NO3S2. The Morgan fingerprint density at radius 3 is 2.00 bits per heavy atom. The van der Waals surface area contributed by atoms with Gasteiger partial charge in [-0.1, -0.05) is 30.3 Å². The number of rotatable bonds is 1. The summed E-state index contributed by atoms with van der Waals surface area (Å²) in [6.07, 6.45) is 0. The zero-order chi connectivity index (χ0) is 11.2. The fraction of sp³-hybridized carbons (Fsp3) is 0.125. The van der Waals surface area contributed by atoms with E-state index in [-0.39, 0.29) is 4.90 Å². The molecule has 4 nitrogen and oxygen atoms in total. The average Bonchev–Trinajstić information content (AvgIpc) is 2.04. The Hall–Kier alpha value is -1.03. The van der Waals surface area contributed by atoms with E-state index in [1.54, 1.807) is 12.1 Å². The summed E-state index contributed by atoms with van der Waals surface area (Å²) in [5.74, 6) is 0. The fourth-order valence-electron chi connectivity index (χ4n) is 0.710. The molecule has 1 rings (SSSR count). The number of aryl methyl sites for hydroxylation is 1. The summed E-state index contributed by atoms with van der Waals surface area (Å²) in [5, 5.41) is 8.63. The second kappa shape index (κ2) is 5.65. The van der Waals surface area contributed by atoms with Crippen molar-refractivity contribution in [3.63, 3.8) is 0 Å². The molecule has 0 amide bonds. The molecule has 0 aliphatic rings. The van der Waals surface area contributed by atoms with Crippen LogP contribution in [-0.4, -0.2) is 13.0 Å². The average molecular weight is 231 g/mol. The van der Waals surface area contributed by atoms with E-state index in [0.29, 0.717) is 0 Å². The van der Waals surface area contributed by atoms with E-state index in [0.717, 1.165) is 5.56 Å². The SMILES string of the molecule is Cc1ccc(S(=O)(=O)O)cc1.N#CS. The molecule has 0 radical (unpaired) electrons. The first-order valence-corrected chi connectivity index (χ1v) is 5.38. The molecule has 1 N–H and O–H groups in total. The lowest BCUT2D eigenvalue weighted by molar-refractivity contribution is 0.483. The van der Waals surface area contributed by atoms with Crippen molar-refractivity contribution >= 4 is 22.7 Å². The number of benzene rings is 1. The molecule has 76 valence electrons. The molecular weight excluding hydrogens is 222 g/mol. The van der Waals surface area contributed by atoms with Crippen molar-refractivity contribution in [3.8, 4) is 5.40 Å². The van der Waals surface area contributed by atoms with Crippen molar-refractivity contribution in [1.29, 1.82) is 5.26 Å². The van der Waals surface area contributed by atoms with Crippen LogP contribution in [0.2, 0.25) is 0 Å². The smallest absolute Gasteiger partial charge is 0.282 e. The van der Waals surface area contributed by atoms with Crippen LogP contribution < -0.4 is 0 Å². The summed E-state index contributed by atoms with van der Waals surface area (Å²) in [6, 6.07) is 5.99. The van der Waals surface area contributed by atoms with Crippen molar-refractivity contribution in [2.45, 2.75) is 11.8 Å². The third-order valence-corrected chi connectivity index (χ3v) is 2.19. The lowest BCUT2D eigenvalue weighted by atomic mass is 10.2. The minimum Gasteiger partial charge on any atom is -0.282 e. The van der Waals surface area contributed by atoms with Gasteiger partial charge >= 0.3 is 0 Å². The third-order valence-electron chi connectivity index (χ3n) is 1.32. The van der Waals surface area contributed by atoms with Crippen molar-refractivity contribution in [3.05, 3.63) is 29.8 Å². The van der Waals surface area contributed by atoms with Gasteiger partial charge in [0.25, 0.3) is 10.1 Å². The number of nitriles is 1. The van der Waals surface area contributed by atoms with Gasteiger partial charge in [-0.3, -0.25) is 4.55 Å². The summed E-state index contributed by atoms with van der Waals surface area (Å²) in [6.45, 7) is 1.84. The topological polar surface area (TPSA) is 78.2 Å². The van der Waals surface area contributed by atoms with Crippen LogP contribution in [0.1, 0.15) is 5.56 Å². The lowest BCUT2D eigenvalue weighted by Gasteiger charge is -1.95. The Balaban J connectivity index is 0.000000500. The van der Waals surface area contributed by atoms with Crippen LogP contribution in [0.25, 0.3) is 0 Å². The van der Waals surface area contributed by atoms with Crippen molar-refractivity contribution in [2.75, 3.05) is 0 Å². The molecule has 0 aromatic heterocycles. The number of thiol groups is 1. The van der Waals surface area contributed by atoms with Gasteiger partial charge in [-0.15, -0.1) is 0 Å². The standard InChI is InChI=1S/C7H8O3S.CHNS/c1-6-2-4-7(5-3-6)11(8,9)10;2-1-3/h2-5H,1H3,(H,8,9,10);3H. The molecule has 6 heteroatoms. The van der Waals surface area contributed by atoms with Crippen LogP contribution in [0.4, 0.5) is 0 Å². The first-order valence-electron chi connectivity index (χ1n) is 3.49. The van der Waals surface area contributed by atoms with E-state index >= 15 is 0 Å². The molecule has 0 saturated carbocycles. The van der Waals surface area contributed by atoms with Gasteiger partial charge in [-0.05, 0) is 19.1 Å². The summed E-state index contributed by atoms with van der Waals surface area (Å²) in [5.41, 5.74) is 0.956. The van der Waals surface area contributed by atoms with Gasteiger partial charge in [0, 0.05) is 0 Å². The highest BCUT2D eigenvalue weighted by Gasteiger charge is 2.06. The molecule has 0 bridgehead atoms. The molecule has 1 aromatic carbocycles. The van der Waals surface area contributed by atoms with E-state index in [1.807, 2.05) is 6.92 Å². The quantitative estimate of drug-likeness (QED) is 0.437. The van der Waals surface area contributed by atoms with Crippen molar-refractivity contribution in [1.82, 2.24) is 0 Å². The summed E-state index contributed by atoms with van der Waals surface area (Å²) >= 11 is 3.09. The Morgan fingerprint density at radius 1 is 1.36 bits per heavy atom. The molecule has 0 aliphatic heterocycles. The molecule has 0 unspecified atom stereocenters. The largest absolute Gasteiger partial charge is 0.294 e. The highest BCUT2D eigenvalue weighted by atomic mass is 32.2. The molecule has 0 saturated heterocycles. The second-order valence-corrected chi connectivity index (χ2v) is 4.01. The summed E-state index contributed by atoms with van der Waals surface area (Å²) in [4.78, 5) is -0.0666. The van der Waals surface area contributed by atoms with Crippen molar-refractivity contribution < 1.29 is 13.0 Å². The van der Waals surface area contributed by atoms with Crippen LogP contribution in [0, 0.1) is 17.6 Å². The highest BCUT2D eigenvalue weighted by molar-refractivity contribution is 7.85. The Kier molecular flexibility index (Phi) is 5.23. The predicted molar refractivity (Wildman–Crippen MR) is 55.6 cm³/mol. The molecule has 0 spiro atoms. The third kappa shape index (κ3) is 4.87. The number of thiocyanates is 1. The number of nitrogens with zero attached hydrogens (tertiary/aromatic N) is 1. The summed E-state index contributed by atoms with van der Waals surface area (Å²) < 4.78 is 29.6. The maximum Gasteiger partial charge on any atom is 0.294 e. The molecule has 0 aliphatic carbocycles. The molecule has 0 atom stereocenters. The van der Waals surface area contributed by atoms with Crippen LogP contribution in [0.5, 0.6) is 0 Å². The highest BCUT2D eigenvalue weighted by Crippen LogP contribution is 2.08. The minimum atomic E-state index is -4.02. The Labute approximate surface area is 88.3 Å². The van der Waals surface area contributed by atoms with E-state index < -0.39 is 10.1 Å². The van der Waals surface area contributed by atoms with Crippen LogP contribution in [0.15, 0.2) is 29.2 Å². The van der Waals surface area contributed by atoms with E-state index in [9.17, 15) is 8.42 Å². The van der Waals surface area contributed by atoms with Crippen LogP contribution in [0.3, 0.4) is 0 Å². The van der Waals surface area contributed by atoms with Gasteiger partial charge in [-0.2, -0.15) is 13.7 Å². The lowest BCUT2D eigenvalue weighted by Crippen LogP contribution is -1.96.